The Morgan fingerprint density at radius 2 is 1.83 bits per heavy atom. The van der Waals surface area contributed by atoms with E-state index in [4.69, 9.17) is 4.74 Å². The van der Waals surface area contributed by atoms with E-state index in [0.717, 1.165) is 16.5 Å². The largest absolute Gasteiger partial charge is 0.494 e. The molecule has 3 aromatic rings. The molecule has 0 aliphatic heterocycles. The van der Waals surface area contributed by atoms with Gasteiger partial charge in [0.25, 0.3) is 0 Å². The van der Waals surface area contributed by atoms with Crippen LogP contribution in [0, 0.1) is 12.7 Å². The minimum atomic E-state index is -0.342. The third-order valence-electron chi connectivity index (χ3n) is 3.23. The van der Waals surface area contributed by atoms with Gasteiger partial charge in [0.2, 0.25) is 0 Å². The molecule has 1 aromatic heterocycles. The minimum Gasteiger partial charge on any atom is -0.494 e. The topological polar surface area (TPSA) is 22.1 Å². The number of fused-ring (bicyclic) bond motifs is 2. The number of pyridine rings is 1. The van der Waals surface area contributed by atoms with Crippen LogP contribution >= 0.6 is 0 Å². The number of halogens is 1. The maximum Gasteiger partial charge on any atom is 0.174 e. The SMILES string of the molecule is COc1ccc2nc3ccccc3c(C)c2c1F. The molecule has 0 saturated heterocycles. The summed E-state index contributed by atoms with van der Waals surface area (Å²) in [7, 11) is 1.47. The molecule has 0 radical (unpaired) electrons. The molecule has 0 N–H and O–H groups in total. The number of para-hydroxylation sites is 1. The average Bonchev–Trinajstić information content (AvgIpc) is 2.39. The summed E-state index contributed by atoms with van der Waals surface area (Å²) in [4.78, 5) is 4.48. The Kier molecular flexibility index (Phi) is 2.40. The quantitative estimate of drug-likeness (QED) is 0.604. The lowest BCUT2D eigenvalue weighted by Crippen LogP contribution is -1.94. The standard InChI is InChI=1S/C15H12FNO/c1-9-10-5-3-4-6-11(10)17-12-7-8-13(18-2)15(16)14(9)12/h3-8H,1-2H3. The van der Waals surface area contributed by atoms with Gasteiger partial charge < -0.3 is 4.74 Å². The summed E-state index contributed by atoms with van der Waals surface area (Å²) in [5.41, 5.74) is 2.43. The molecule has 0 amide bonds. The van der Waals surface area contributed by atoms with E-state index in [-0.39, 0.29) is 11.6 Å². The number of aryl methyl sites for hydroxylation is 1. The van der Waals surface area contributed by atoms with Crippen molar-refractivity contribution in [2.75, 3.05) is 7.11 Å². The lowest BCUT2D eigenvalue weighted by atomic mass is 10.0. The molecule has 3 heteroatoms. The van der Waals surface area contributed by atoms with Crippen LogP contribution in [0.4, 0.5) is 4.39 Å². The smallest absolute Gasteiger partial charge is 0.174 e. The molecule has 2 aromatic carbocycles. The van der Waals surface area contributed by atoms with Gasteiger partial charge in [-0.2, -0.15) is 0 Å². The van der Waals surface area contributed by atoms with Crippen LogP contribution in [0.3, 0.4) is 0 Å². The van der Waals surface area contributed by atoms with E-state index < -0.39 is 0 Å². The lowest BCUT2D eigenvalue weighted by molar-refractivity contribution is 0.389. The Morgan fingerprint density at radius 1 is 1.06 bits per heavy atom. The van der Waals surface area contributed by atoms with Crippen LogP contribution in [-0.2, 0) is 0 Å². The fourth-order valence-corrected chi connectivity index (χ4v) is 2.31. The van der Waals surface area contributed by atoms with Gasteiger partial charge in [-0.25, -0.2) is 9.37 Å². The molecule has 0 atom stereocenters. The molecule has 3 rings (SSSR count). The van der Waals surface area contributed by atoms with Gasteiger partial charge in [0.05, 0.1) is 18.1 Å². The number of rotatable bonds is 1. The van der Waals surface area contributed by atoms with Crippen LogP contribution in [0.25, 0.3) is 21.8 Å². The summed E-state index contributed by atoms with van der Waals surface area (Å²) in [6.45, 7) is 1.91. The number of hydrogen-bond donors (Lipinski definition) is 0. The monoisotopic (exact) mass is 241 g/mol. The summed E-state index contributed by atoms with van der Waals surface area (Å²) < 4.78 is 19.3. The van der Waals surface area contributed by atoms with Crippen molar-refractivity contribution in [3.63, 3.8) is 0 Å². The zero-order valence-corrected chi connectivity index (χ0v) is 10.2. The average molecular weight is 241 g/mol. The van der Waals surface area contributed by atoms with E-state index in [0.29, 0.717) is 10.9 Å². The molecular weight excluding hydrogens is 229 g/mol. The number of nitrogens with zero attached hydrogens (tertiary/aromatic N) is 1. The maximum absolute atomic E-state index is 14.3. The molecule has 0 fully saturated rings. The van der Waals surface area contributed by atoms with Gasteiger partial charge in [0.15, 0.2) is 11.6 Å². The van der Waals surface area contributed by atoms with Crippen LogP contribution in [0.1, 0.15) is 5.56 Å². The summed E-state index contributed by atoms with van der Waals surface area (Å²) in [6, 6.07) is 11.1. The van der Waals surface area contributed by atoms with Gasteiger partial charge in [0, 0.05) is 10.8 Å². The number of ether oxygens (including phenoxy) is 1. The van der Waals surface area contributed by atoms with E-state index in [1.165, 1.54) is 7.11 Å². The second kappa shape index (κ2) is 3.95. The normalized spacial score (nSPS) is 11.1. The highest BCUT2D eigenvalue weighted by molar-refractivity contribution is 5.97. The Labute approximate surface area is 104 Å². The van der Waals surface area contributed by atoms with E-state index >= 15 is 0 Å². The number of benzene rings is 2. The molecule has 2 nitrogen and oxygen atoms in total. The Balaban J connectivity index is 2.53. The first kappa shape index (κ1) is 11.0. The molecule has 90 valence electrons. The van der Waals surface area contributed by atoms with Crippen LogP contribution in [0.5, 0.6) is 5.75 Å². The first-order valence-corrected chi connectivity index (χ1v) is 5.74. The van der Waals surface area contributed by atoms with E-state index in [9.17, 15) is 4.39 Å². The second-order valence-electron chi connectivity index (χ2n) is 4.23. The van der Waals surface area contributed by atoms with Crippen LogP contribution < -0.4 is 4.74 Å². The molecule has 0 saturated carbocycles. The fraction of sp³-hybridized carbons (Fsp3) is 0.133. The molecule has 0 spiro atoms. The Bertz CT molecular complexity index is 752. The van der Waals surface area contributed by atoms with Gasteiger partial charge in [-0.3, -0.25) is 0 Å². The van der Waals surface area contributed by atoms with Crippen molar-refractivity contribution in [2.24, 2.45) is 0 Å². The van der Waals surface area contributed by atoms with Crippen molar-refractivity contribution in [1.82, 2.24) is 4.98 Å². The highest BCUT2D eigenvalue weighted by Gasteiger charge is 2.13. The van der Waals surface area contributed by atoms with Gasteiger partial charge in [0.1, 0.15) is 0 Å². The van der Waals surface area contributed by atoms with Crippen molar-refractivity contribution < 1.29 is 9.13 Å². The van der Waals surface area contributed by atoms with Crippen molar-refractivity contribution in [3.05, 3.63) is 47.8 Å². The Morgan fingerprint density at radius 3 is 2.61 bits per heavy atom. The molecule has 0 aliphatic rings. The van der Waals surface area contributed by atoms with E-state index in [1.807, 2.05) is 31.2 Å². The van der Waals surface area contributed by atoms with E-state index in [2.05, 4.69) is 4.98 Å². The lowest BCUT2D eigenvalue weighted by Gasteiger charge is -2.10. The highest BCUT2D eigenvalue weighted by Crippen LogP contribution is 2.31. The third kappa shape index (κ3) is 1.44. The van der Waals surface area contributed by atoms with Crippen LogP contribution in [0.2, 0.25) is 0 Å². The zero-order valence-electron chi connectivity index (χ0n) is 10.2. The van der Waals surface area contributed by atoms with Gasteiger partial charge in [-0.15, -0.1) is 0 Å². The minimum absolute atomic E-state index is 0.252. The second-order valence-corrected chi connectivity index (χ2v) is 4.23. The summed E-state index contributed by atoms with van der Waals surface area (Å²) in [5, 5.41) is 1.50. The van der Waals surface area contributed by atoms with Crippen LogP contribution in [0.15, 0.2) is 36.4 Å². The summed E-state index contributed by atoms with van der Waals surface area (Å²) in [5.74, 6) is -0.0894. The molecule has 0 unspecified atom stereocenters. The number of methoxy groups -OCH3 is 1. The molecule has 1 heterocycles. The predicted molar refractivity (Wildman–Crippen MR) is 70.5 cm³/mol. The summed E-state index contributed by atoms with van der Waals surface area (Å²) >= 11 is 0. The third-order valence-corrected chi connectivity index (χ3v) is 3.23. The van der Waals surface area contributed by atoms with Crippen molar-refractivity contribution in [1.29, 1.82) is 0 Å². The molecule has 0 bridgehead atoms. The number of aromatic nitrogens is 1. The molecule has 18 heavy (non-hydrogen) atoms. The van der Waals surface area contributed by atoms with Gasteiger partial charge in [-0.1, -0.05) is 18.2 Å². The fourth-order valence-electron chi connectivity index (χ4n) is 2.31. The van der Waals surface area contributed by atoms with Crippen molar-refractivity contribution in [2.45, 2.75) is 6.92 Å². The molecular formula is C15H12FNO. The zero-order chi connectivity index (χ0) is 12.7. The van der Waals surface area contributed by atoms with Crippen molar-refractivity contribution in [3.8, 4) is 5.75 Å². The first-order valence-electron chi connectivity index (χ1n) is 5.74. The summed E-state index contributed by atoms with van der Waals surface area (Å²) in [6.07, 6.45) is 0. The van der Waals surface area contributed by atoms with Crippen LogP contribution in [-0.4, -0.2) is 12.1 Å². The highest BCUT2D eigenvalue weighted by atomic mass is 19.1. The maximum atomic E-state index is 14.3. The van der Waals surface area contributed by atoms with E-state index in [1.54, 1.807) is 12.1 Å². The predicted octanol–water partition coefficient (Wildman–Crippen LogP) is 3.84. The molecule has 0 aliphatic carbocycles. The van der Waals surface area contributed by atoms with Gasteiger partial charge in [-0.05, 0) is 30.7 Å². The van der Waals surface area contributed by atoms with Crippen molar-refractivity contribution >= 4 is 21.8 Å². The Hall–Kier alpha value is -2.16. The number of hydrogen-bond acceptors (Lipinski definition) is 2. The van der Waals surface area contributed by atoms with Gasteiger partial charge >= 0.3 is 0 Å². The first-order chi connectivity index (χ1) is 8.72.